The molecule has 0 saturated heterocycles. The molecule has 0 fully saturated rings. The summed E-state index contributed by atoms with van der Waals surface area (Å²) in [4.78, 5) is 4.79. The predicted octanol–water partition coefficient (Wildman–Crippen LogP) is 5.55. The van der Waals surface area contributed by atoms with Gasteiger partial charge in [0.25, 0.3) is 0 Å². The van der Waals surface area contributed by atoms with Crippen molar-refractivity contribution in [3.63, 3.8) is 0 Å². The molecule has 1 nitrogen and oxygen atoms in total. The molecule has 0 aliphatic heterocycles. The van der Waals surface area contributed by atoms with Gasteiger partial charge in [0.2, 0.25) is 0 Å². The molecular weight excluding hydrogens is 290 g/mol. The summed E-state index contributed by atoms with van der Waals surface area (Å²) >= 11 is 6.21. The van der Waals surface area contributed by atoms with Gasteiger partial charge in [-0.3, -0.25) is 4.99 Å². The second kappa shape index (κ2) is 7.06. The lowest BCUT2D eigenvalue weighted by Gasteiger charge is -2.13. The molecule has 0 bridgehead atoms. The summed E-state index contributed by atoms with van der Waals surface area (Å²) in [5, 5.41) is 0.714. The minimum Gasteiger partial charge on any atom is -0.280 e. The van der Waals surface area contributed by atoms with Gasteiger partial charge in [-0.25, -0.2) is 0 Å². The molecule has 3 rings (SSSR count). The van der Waals surface area contributed by atoms with E-state index in [9.17, 15) is 0 Å². The highest BCUT2D eigenvalue weighted by Crippen LogP contribution is 2.26. The maximum absolute atomic E-state index is 6.21. The van der Waals surface area contributed by atoms with Gasteiger partial charge in [0, 0.05) is 16.8 Å². The van der Waals surface area contributed by atoms with Gasteiger partial charge in [0.15, 0.2) is 0 Å². The van der Waals surface area contributed by atoms with Crippen LogP contribution in [-0.4, -0.2) is 6.21 Å². The molecule has 0 saturated carbocycles. The minimum atomic E-state index is -0.0290. The van der Waals surface area contributed by atoms with E-state index in [-0.39, 0.29) is 6.04 Å². The Morgan fingerprint density at radius 2 is 1.18 bits per heavy atom. The zero-order valence-corrected chi connectivity index (χ0v) is 12.8. The molecule has 3 aromatic rings. The first-order valence-corrected chi connectivity index (χ1v) is 7.60. The van der Waals surface area contributed by atoms with Crippen molar-refractivity contribution in [1.29, 1.82) is 0 Å². The highest BCUT2D eigenvalue weighted by atomic mass is 35.5. The van der Waals surface area contributed by atoms with E-state index in [1.807, 2.05) is 66.9 Å². The van der Waals surface area contributed by atoms with Gasteiger partial charge in [-0.15, -0.1) is 0 Å². The normalized spacial score (nSPS) is 11.2. The van der Waals surface area contributed by atoms with E-state index in [1.165, 1.54) is 0 Å². The van der Waals surface area contributed by atoms with Crippen molar-refractivity contribution in [3.8, 4) is 0 Å². The van der Waals surface area contributed by atoms with Crippen LogP contribution in [0.4, 0.5) is 0 Å². The number of halogens is 1. The zero-order chi connectivity index (χ0) is 15.2. The second-order valence-electron chi connectivity index (χ2n) is 5.02. The zero-order valence-electron chi connectivity index (χ0n) is 12.1. The molecule has 0 aliphatic rings. The lowest BCUT2D eigenvalue weighted by Crippen LogP contribution is -1.99. The van der Waals surface area contributed by atoms with Gasteiger partial charge in [-0.05, 0) is 17.2 Å². The third kappa shape index (κ3) is 3.44. The van der Waals surface area contributed by atoms with Gasteiger partial charge in [0.05, 0.1) is 6.04 Å². The molecule has 0 heterocycles. The van der Waals surface area contributed by atoms with Crippen molar-refractivity contribution < 1.29 is 0 Å². The van der Waals surface area contributed by atoms with Gasteiger partial charge in [-0.2, -0.15) is 0 Å². The topological polar surface area (TPSA) is 12.4 Å². The van der Waals surface area contributed by atoms with Crippen LogP contribution >= 0.6 is 11.6 Å². The van der Waals surface area contributed by atoms with E-state index in [0.717, 1.165) is 16.7 Å². The average Bonchev–Trinajstić information content (AvgIpc) is 2.59. The predicted molar refractivity (Wildman–Crippen MR) is 93.8 cm³/mol. The number of rotatable bonds is 4. The SMILES string of the molecule is Clc1ccccc1/C=N/C(c1ccccc1)c1ccccc1. The second-order valence-corrected chi connectivity index (χ2v) is 5.43. The van der Waals surface area contributed by atoms with Crippen molar-refractivity contribution in [1.82, 2.24) is 0 Å². The fourth-order valence-electron chi connectivity index (χ4n) is 2.37. The molecule has 22 heavy (non-hydrogen) atoms. The Bertz CT molecular complexity index is 711. The Morgan fingerprint density at radius 3 is 1.73 bits per heavy atom. The van der Waals surface area contributed by atoms with Crippen LogP contribution in [0.15, 0.2) is 89.9 Å². The number of hydrogen-bond donors (Lipinski definition) is 0. The number of nitrogens with zero attached hydrogens (tertiary/aromatic N) is 1. The van der Waals surface area contributed by atoms with Crippen molar-refractivity contribution in [2.45, 2.75) is 6.04 Å². The molecular formula is C20H16ClN. The third-order valence-electron chi connectivity index (χ3n) is 3.50. The molecule has 0 spiro atoms. The quantitative estimate of drug-likeness (QED) is 0.560. The van der Waals surface area contributed by atoms with Crippen LogP contribution in [-0.2, 0) is 0 Å². The lowest BCUT2D eigenvalue weighted by atomic mass is 9.99. The van der Waals surface area contributed by atoms with E-state index in [0.29, 0.717) is 5.02 Å². The van der Waals surface area contributed by atoms with Crippen LogP contribution in [0.2, 0.25) is 5.02 Å². The molecule has 0 radical (unpaired) electrons. The summed E-state index contributed by atoms with van der Waals surface area (Å²) < 4.78 is 0. The Morgan fingerprint density at radius 1 is 0.682 bits per heavy atom. The molecule has 0 aliphatic carbocycles. The summed E-state index contributed by atoms with van der Waals surface area (Å²) in [6.45, 7) is 0. The van der Waals surface area contributed by atoms with Gasteiger partial charge >= 0.3 is 0 Å². The van der Waals surface area contributed by atoms with E-state index in [2.05, 4.69) is 24.3 Å². The van der Waals surface area contributed by atoms with Crippen LogP contribution < -0.4 is 0 Å². The Balaban J connectivity index is 1.98. The van der Waals surface area contributed by atoms with Crippen LogP contribution in [0.5, 0.6) is 0 Å². The largest absolute Gasteiger partial charge is 0.280 e. The number of benzene rings is 3. The molecule has 0 amide bonds. The van der Waals surface area contributed by atoms with Crippen LogP contribution in [0, 0.1) is 0 Å². The molecule has 0 N–H and O–H groups in total. The number of aliphatic imine (C=N–C) groups is 1. The average molecular weight is 306 g/mol. The first kappa shape index (κ1) is 14.6. The van der Waals surface area contributed by atoms with Gasteiger partial charge < -0.3 is 0 Å². The molecule has 2 heteroatoms. The van der Waals surface area contributed by atoms with Gasteiger partial charge in [-0.1, -0.05) is 90.5 Å². The molecule has 0 aromatic heterocycles. The van der Waals surface area contributed by atoms with E-state index >= 15 is 0 Å². The first-order valence-electron chi connectivity index (χ1n) is 7.22. The monoisotopic (exact) mass is 305 g/mol. The summed E-state index contributed by atoms with van der Waals surface area (Å²) in [6, 6.07) is 28.3. The molecule has 108 valence electrons. The third-order valence-corrected chi connectivity index (χ3v) is 3.84. The standard InChI is InChI=1S/C20H16ClN/c21-19-14-8-7-13-18(19)15-22-20(16-9-3-1-4-10-16)17-11-5-2-6-12-17/h1-15,20H/b22-15+. The number of hydrogen-bond acceptors (Lipinski definition) is 1. The highest BCUT2D eigenvalue weighted by Gasteiger charge is 2.11. The Hall–Kier alpha value is -2.38. The smallest absolute Gasteiger partial charge is 0.0999 e. The van der Waals surface area contributed by atoms with Crippen molar-refractivity contribution in [3.05, 3.63) is 107 Å². The van der Waals surface area contributed by atoms with Gasteiger partial charge in [0.1, 0.15) is 0 Å². The van der Waals surface area contributed by atoms with Crippen LogP contribution in [0.1, 0.15) is 22.7 Å². The summed E-state index contributed by atoms with van der Waals surface area (Å²) in [7, 11) is 0. The Kier molecular flexibility index (Phi) is 4.67. The fraction of sp³-hybridized carbons (Fsp3) is 0.0500. The van der Waals surface area contributed by atoms with Crippen molar-refractivity contribution in [2.24, 2.45) is 4.99 Å². The van der Waals surface area contributed by atoms with E-state index < -0.39 is 0 Å². The van der Waals surface area contributed by atoms with Crippen LogP contribution in [0.3, 0.4) is 0 Å². The summed E-state index contributed by atoms with van der Waals surface area (Å²) in [5.74, 6) is 0. The van der Waals surface area contributed by atoms with Crippen molar-refractivity contribution in [2.75, 3.05) is 0 Å². The molecule has 0 atom stereocenters. The molecule has 0 unspecified atom stereocenters. The minimum absolute atomic E-state index is 0.0290. The summed E-state index contributed by atoms with van der Waals surface area (Å²) in [5.41, 5.74) is 3.26. The summed E-state index contributed by atoms with van der Waals surface area (Å²) in [6.07, 6.45) is 1.85. The van der Waals surface area contributed by atoms with E-state index in [4.69, 9.17) is 16.6 Å². The fourth-order valence-corrected chi connectivity index (χ4v) is 2.55. The lowest BCUT2D eigenvalue weighted by molar-refractivity contribution is 0.878. The van der Waals surface area contributed by atoms with Crippen LogP contribution in [0.25, 0.3) is 0 Å². The van der Waals surface area contributed by atoms with E-state index in [1.54, 1.807) is 0 Å². The van der Waals surface area contributed by atoms with Crippen molar-refractivity contribution >= 4 is 17.8 Å². The Labute approximate surface area is 135 Å². The first-order chi connectivity index (χ1) is 10.8. The molecule has 3 aromatic carbocycles. The maximum Gasteiger partial charge on any atom is 0.0999 e. The maximum atomic E-state index is 6.21. The highest BCUT2D eigenvalue weighted by molar-refractivity contribution is 6.33.